The average molecular weight is 243 g/mol. The van der Waals surface area contributed by atoms with Gasteiger partial charge in [0.1, 0.15) is 0 Å². The van der Waals surface area contributed by atoms with Crippen molar-refractivity contribution < 1.29 is 24.2 Å². The molecule has 0 spiro atoms. The maximum atomic E-state index is 11.5. The van der Waals surface area contributed by atoms with Crippen molar-refractivity contribution in [3.63, 3.8) is 0 Å². The van der Waals surface area contributed by atoms with Gasteiger partial charge in [0, 0.05) is 12.2 Å². The van der Waals surface area contributed by atoms with Gasteiger partial charge in [-0.3, -0.25) is 14.5 Å². The minimum absolute atomic E-state index is 0.0630. The molecule has 0 saturated carbocycles. The Kier molecular flexibility index (Phi) is 1.81. The highest BCUT2D eigenvalue weighted by Gasteiger charge is 2.68. The molecule has 0 radical (unpaired) electrons. The zero-order chi connectivity index (χ0) is 11.5. The monoisotopic (exact) mass is 243 g/mol. The fourth-order valence-electron chi connectivity index (χ4n) is 2.53. The Morgan fingerprint density at radius 2 is 2.25 bits per heavy atom. The second-order valence-electron chi connectivity index (χ2n) is 4.12. The third kappa shape index (κ3) is 0.965. The lowest BCUT2D eigenvalue weighted by Crippen LogP contribution is -2.73. The third-order valence-corrected chi connectivity index (χ3v) is 4.72. The van der Waals surface area contributed by atoms with Crippen molar-refractivity contribution in [1.82, 2.24) is 4.90 Å². The molecule has 3 fully saturated rings. The fourth-order valence-corrected chi connectivity index (χ4v) is 3.99. The normalized spacial score (nSPS) is 40.9. The van der Waals surface area contributed by atoms with Crippen LogP contribution in [0.4, 0.5) is 0 Å². The van der Waals surface area contributed by atoms with Crippen molar-refractivity contribution in [1.29, 1.82) is 0 Å². The molecule has 0 aromatic rings. The van der Waals surface area contributed by atoms with Crippen molar-refractivity contribution >= 4 is 29.6 Å². The van der Waals surface area contributed by atoms with Gasteiger partial charge in [-0.2, -0.15) is 0 Å². The van der Waals surface area contributed by atoms with Crippen molar-refractivity contribution in [2.75, 3.05) is 5.75 Å². The van der Waals surface area contributed by atoms with Crippen molar-refractivity contribution in [2.45, 2.75) is 29.9 Å². The number of ether oxygens (including phenoxy) is 1. The maximum absolute atomic E-state index is 11.5. The van der Waals surface area contributed by atoms with Gasteiger partial charge in [0.2, 0.25) is 5.91 Å². The number of hydrogen-bond donors (Lipinski definition) is 1. The minimum atomic E-state index is -1.74. The van der Waals surface area contributed by atoms with E-state index in [0.29, 0.717) is 12.2 Å². The summed E-state index contributed by atoms with van der Waals surface area (Å²) in [6.45, 7) is 0. The Labute approximate surface area is 94.9 Å². The van der Waals surface area contributed by atoms with E-state index in [-0.39, 0.29) is 18.4 Å². The average Bonchev–Trinajstić information content (AvgIpc) is 2.51. The zero-order valence-electron chi connectivity index (χ0n) is 8.21. The van der Waals surface area contributed by atoms with Crippen LogP contribution in [0.1, 0.15) is 12.8 Å². The number of esters is 1. The molecule has 1 N–H and O–H groups in total. The highest BCUT2D eigenvalue weighted by molar-refractivity contribution is 8.00. The highest BCUT2D eigenvalue weighted by Crippen LogP contribution is 2.48. The van der Waals surface area contributed by atoms with Crippen LogP contribution in [0.2, 0.25) is 0 Å². The summed E-state index contributed by atoms with van der Waals surface area (Å²) in [6.07, 6.45) is 0.416. The zero-order valence-corrected chi connectivity index (χ0v) is 9.03. The van der Waals surface area contributed by atoms with Crippen LogP contribution in [0.3, 0.4) is 0 Å². The molecule has 16 heavy (non-hydrogen) atoms. The molecule has 0 aromatic carbocycles. The number of carboxylic acid groups (broad SMARTS) is 1. The van der Waals surface area contributed by atoms with Gasteiger partial charge >= 0.3 is 11.9 Å². The summed E-state index contributed by atoms with van der Waals surface area (Å²) in [7, 11) is 0. The molecule has 3 heterocycles. The number of fused-ring (bicyclic) bond motifs is 3. The lowest BCUT2D eigenvalue weighted by Gasteiger charge is -2.53. The number of β-lactam (4-membered cyclic amide) rings is 1. The molecule has 3 atom stereocenters. The van der Waals surface area contributed by atoms with Gasteiger partial charge in [0.05, 0.1) is 17.7 Å². The number of thioether (sulfide) groups is 1. The number of carbonyl (C=O) groups is 3. The van der Waals surface area contributed by atoms with E-state index >= 15 is 0 Å². The number of nitrogens with zero attached hydrogens (tertiary/aromatic N) is 1. The van der Waals surface area contributed by atoms with E-state index in [0.717, 1.165) is 0 Å². The lowest BCUT2D eigenvalue weighted by molar-refractivity contribution is -0.209. The Balaban J connectivity index is 2.06. The molecular weight excluding hydrogens is 234 g/mol. The highest BCUT2D eigenvalue weighted by atomic mass is 32.2. The summed E-state index contributed by atoms with van der Waals surface area (Å²) in [6, 6.07) is -0.101. The van der Waals surface area contributed by atoms with Crippen LogP contribution in [-0.2, 0) is 19.1 Å². The van der Waals surface area contributed by atoms with E-state index in [2.05, 4.69) is 0 Å². The maximum Gasteiger partial charge on any atom is 0.371 e. The quantitative estimate of drug-likeness (QED) is 0.490. The molecule has 0 bridgehead atoms. The van der Waals surface area contributed by atoms with E-state index < -0.39 is 22.9 Å². The van der Waals surface area contributed by atoms with Crippen molar-refractivity contribution in [3.05, 3.63) is 0 Å². The molecule has 7 heteroatoms. The largest absolute Gasteiger partial charge is 0.477 e. The van der Waals surface area contributed by atoms with E-state index in [1.807, 2.05) is 0 Å². The van der Waals surface area contributed by atoms with Crippen LogP contribution < -0.4 is 0 Å². The Bertz CT molecular complexity index is 411. The molecule has 1 amide bonds. The number of carboxylic acids is 1. The number of carbonyl (C=O) groups excluding carboxylic acids is 2. The predicted molar refractivity (Wildman–Crippen MR) is 52.6 cm³/mol. The molecule has 6 nitrogen and oxygen atoms in total. The van der Waals surface area contributed by atoms with Crippen LogP contribution in [0.15, 0.2) is 0 Å². The number of amides is 1. The van der Waals surface area contributed by atoms with Crippen LogP contribution in [0.5, 0.6) is 0 Å². The summed E-state index contributed by atoms with van der Waals surface area (Å²) < 4.78 is 4.96. The molecule has 3 aliphatic rings. The van der Waals surface area contributed by atoms with Crippen molar-refractivity contribution in [3.8, 4) is 0 Å². The van der Waals surface area contributed by atoms with Crippen LogP contribution in [0, 0.1) is 0 Å². The van der Waals surface area contributed by atoms with Crippen molar-refractivity contribution in [2.24, 2.45) is 0 Å². The van der Waals surface area contributed by atoms with Gasteiger partial charge in [-0.15, -0.1) is 11.8 Å². The topological polar surface area (TPSA) is 83.9 Å². The van der Waals surface area contributed by atoms with Crippen LogP contribution in [-0.4, -0.2) is 50.6 Å². The lowest BCUT2D eigenvalue weighted by atomic mass is 9.94. The Hall–Kier alpha value is -1.24. The summed E-state index contributed by atoms with van der Waals surface area (Å²) >= 11 is 1.41. The fraction of sp³-hybridized carbons (Fsp3) is 0.667. The molecule has 3 saturated heterocycles. The summed E-state index contributed by atoms with van der Waals surface area (Å²) in [5, 5.41) is 8.80. The molecule has 0 aromatic heterocycles. The number of hydrogen-bond acceptors (Lipinski definition) is 5. The second-order valence-corrected chi connectivity index (χ2v) is 5.36. The van der Waals surface area contributed by atoms with Gasteiger partial charge < -0.3 is 9.84 Å². The third-order valence-electron chi connectivity index (χ3n) is 3.26. The van der Waals surface area contributed by atoms with E-state index in [1.165, 1.54) is 16.7 Å². The predicted octanol–water partition coefficient (Wildman–Crippen LogP) is -0.570. The first-order valence-corrected chi connectivity index (χ1v) is 5.99. The Morgan fingerprint density at radius 3 is 2.88 bits per heavy atom. The Morgan fingerprint density at radius 1 is 1.50 bits per heavy atom. The SMILES string of the molecule is O=C1CC2SCC3CC(=O)N3C2(C(=O)O)O1. The molecule has 0 aliphatic carbocycles. The molecule has 3 unspecified atom stereocenters. The summed E-state index contributed by atoms with van der Waals surface area (Å²) in [5.74, 6) is -1.34. The number of rotatable bonds is 1. The van der Waals surface area contributed by atoms with E-state index in [9.17, 15) is 19.5 Å². The van der Waals surface area contributed by atoms with Gasteiger partial charge in [0.25, 0.3) is 5.72 Å². The van der Waals surface area contributed by atoms with Gasteiger partial charge in [-0.05, 0) is 0 Å². The molecule has 3 aliphatic heterocycles. The van der Waals surface area contributed by atoms with Crippen LogP contribution >= 0.6 is 11.8 Å². The van der Waals surface area contributed by atoms with E-state index in [1.54, 1.807) is 0 Å². The first kappa shape index (κ1) is 9.95. The molecule has 86 valence electrons. The van der Waals surface area contributed by atoms with E-state index in [4.69, 9.17) is 4.74 Å². The molecule has 3 rings (SSSR count). The summed E-state index contributed by atoms with van der Waals surface area (Å²) in [5.41, 5.74) is -1.74. The van der Waals surface area contributed by atoms with Gasteiger partial charge in [-0.1, -0.05) is 0 Å². The minimum Gasteiger partial charge on any atom is -0.477 e. The molecular formula is C9H9NO5S. The van der Waals surface area contributed by atoms with Gasteiger partial charge in [0.15, 0.2) is 0 Å². The van der Waals surface area contributed by atoms with Crippen LogP contribution in [0.25, 0.3) is 0 Å². The smallest absolute Gasteiger partial charge is 0.371 e. The van der Waals surface area contributed by atoms with Gasteiger partial charge in [-0.25, -0.2) is 4.79 Å². The first-order valence-electron chi connectivity index (χ1n) is 4.94. The first-order chi connectivity index (χ1) is 7.55. The second kappa shape index (κ2) is 2.91. The summed E-state index contributed by atoms with van der Waals surface area (Å²) in [4.78, 5) is 35.3. The number of aliphatic carboxylic acids is 1. The standard InChI is InChI=1S/C9H9NO5S/c11-6-1-4-3-16-5-2-7(12)15-9(5,8(13)14)10(4)6/h4-5H,1-3H2,(H,13,14).